The van der Waals surface area contributed by atoms with Crippen molar-refractivity contribution < 1.29 is 9.53 Å². The molecule has 0 aromatic carbocycles. The normalized spacial score (nSPS) is 19.1. The Bertz CT molecular complexity index is 520. The molecule has 1 unspecified atom stereocenters. The number of nitrogens with one attached hydrogen (secondary N) is 1. The van der Waals surface area contributed by atoms with Crippen molar-refractivity contribution in [3.05, 3.63) is 17.2 Å². The molecular weight excluding hydrogens is 266 g/mol. The Morgan fingerprint density at radius 2 is 2.19 bits per heavy atom. The van der Waals surface area contributed by atoms with Crippen LogP contribution in [0.4, 0.5) is 0 Å². The molecule has 1 heterocycles. The highest BCUT2D eigenvalue weighted by molar-refractivity contribution is 5.75. The van der Waals surface area contributed by atoms with Crippen LogP contribution >= 0.6 is 0 Å². The molecule has 1 fully saturated rings. The van der Waals surface area contributed by atoms with Gasteiger partial charge in [-0.05, 0) is 52.4 Å². The smallest absolute Gasteiger partial charge is 0.324 e. The Hall–Kier alpha value is -1.36. The van der Waals surface area contributed by atoms with Gasteiger partial charge in [0.25, 0.3) is 0 Å². The summed E-state index contributed by atoms with van der Waals surface area (Å²) in [7, 11) is 0. The minimum atomic E-state index is -0.253. The van der Waals surface area contributed by atoms with Crippen LogP contribution in [0.15, 0.2) is 0 Å². The molecule has 1 saturated carbocycles. The van der Waals surface area contributed by atoms with Crippen LogP contribution < -0.4 is 5.32 Å². The lowest BCUT2D eigenvalue weighted by atomic mass is 10.0. The zero-order chi connectivity index (χ0) is 14.8. The summed E-state index contributed by atoms with van der Waals surface area (Å²) in [6, 6.07) is 0.232. The van der Waals surface area contributed by atoms with Crippen molar-refractivity contribution in [3.8, 4) is 0 Å². The highest BCUT2D eigenvalue weighted by Crippen LogP contribution is 2.24. The van der Waals surface area contributed by atoms with E-state index in [1.54, 1.807) is 0 Å². The van der Waals surface area contributed by atoms with Crippen LogP contribution in [0.3, 0.4) is 0 Å². The lowest BCUT2D eigenvalue weighted by Gasteiger charge is -2.21. The summed E-state index contributed by atoms with van der Waals surface area (Å²) in [6.07, 6.45) is 6.93. The number of nitrogens with zero attached hydrogens (tertiary/aromatic N) is 2. The number of rotatable bonds is 6. The summed E-state index contributed by atoms with van der Waals surface area (Å²) in [6.45, 7) is 4.97. The number of carbonyl (C=O) groups excluding carboxylic acids is 1. The first-order valence-electron chi connectivity index (χ1n) is 8.16. The summed E-state index contributed by atoms with van der Waals surface area (Å²) in [5, 5.41) is 3.42. The van der Waals surface area contributed by atoms with Gasteiger partial charge >= 0.3 is 5.97 Å². The van der Waals surface area contributed by atoms with Gasteiger partial charge < -0.3 is 14.6 Å². The van der Waals surface area contributed by atoms with Gasteiger partial charge in [-0.25, -0.2) is 4.98 Å². The molecule has 0 radical (unpaired) electrons. The van der Waals surface area contributed by atoms with Crippen LogP contribution in [0.2, 0.25) is 0 Å². The van der Waals surface area contributed by atoms with Gasteiger partial charge in [0.1, 0.15) is 11.9 Å². The molecular formula is C16H25N3O2. The maximum absolute atomic E-state index is 12.2. The van der Waals surface area contributed by atoms with Crippen LogP contribution in [0.25, 0.3) is 0 Å². The van der Waals surface area contributed by atoms with Gasteiger partial charge in [-0.15, -0.1) is 0 Å². The van der Waals surface area contributed by atoms with Crippen LogP contribution in [0.5, 0.6) is 0 Å². The number of carbonyl (C=O) groups is 1. The zero-order valence-electron chi connectivity index (χ0n) is 13.0. The molecule has 1 aromatic rings. The van der Waals surface area contributed by atoms with E-state index in [0.717, 1.165) is 31.5 Å². The average molecular weight is 291 g/mol. The fourth-order valence-corrected chi connectivity index (χ4v) is 3.13. The van der Waals surface area contributed by atoms with Crippen molar-refractivity contribution in [2.45, 2.75) is 71.0 Å². The van der Waals surface area contributed by atoms with E-state index in [4.69, 9.17) is 4.74 Å². The Morgan fingerprint density at radius 3 is 2.90 bits per heavy atom. The number of aryl methyl sites for hydroxylation is 2. The Balaban J connectivity index is 1.78. The molecule has 0 bridgehead atoms. The van der Waals surface area contributed by atoms with Gasteiger partial charge in [-0.3, -0.25) is 4.79 Å². The monoisotopic (exact) mass is 291 g/mol. The molecule has 1 aromatic heterocycles. The van der Waals surface area contributed by atoms with E-state index < -0.39 is 0 Å². The second-order valence-electron chi connectivity index (χ2n) is 6.12. The summed E-state index contributed by atoms with van der Waals surface area (Å²) < 4.78 is 7.46. The number of hydrogen-bond donors (Lipinski definition) is 1. The Labute approximate surface area is 126 Å². The number of ether oxygens (including phenoxy) is 1. The Kier molecular flexibility index (Phi) is 4.29. The molecule has 2 aliphatic carbocycles. The van der Waals surface area contributed by atoms with E-state index in [2.05, 4.69) is 14.9 Å². The van der Waals surface area contributed by atoms with Crippen molar-refractivity contribution in [1.29, 1.82) is 0 Å². The minimum Gasteiger partial charge on any atom is -0.465 e. The molecule has 0 aliphatic heterocycles. The Morgan fingerprint density at radius 1 is 1.43 bits per heavy atom. The third-order valence-electron chi connectivity index (χ3n) is 4.37. The fraction of sp³-hybridized carbons (Fsp3) is 0.750. The number of fused-ring (bicyclic) bond motifs is 1. The predicted octanol–water partition coefficient (Wildman–Crippen LogP) is 1.75. The van der Waals surface area contributed by atoms with Crippen LogP contribution in [0.1, 0.15) is 49.8 Å². The van der Waals surface area contributed by atoms with Crippen molar-refractivity contribution in [2.24, 2.45) is 0 Å². The molecule has 3 rings (SSSR count). The largest absolute Gasteiger partial charge is 0.465 e. The van der Waals surface area contributed by atoms with Crippen LogP contribution in [0, 0.1) is 6.92 Å². The van der Waals surface area contributed by atoms with E-state index in [1.807, 2.05) is 13.8 Å². The van der Waals surface area contributed by atoms with Gasteiger partial charge in [0.15, 0.2) is 0 Å². The molecule has 0 saturated heterocycles. The highest BCUT2D eigenvalue weighted by Gasteiger charge is 2.31. The van der Waals surface area contributed by atoms with Crippen molar-refractivity contribution in [1.82, 2.24) is 14.9 Å². The van der Waals surface area contributed by atoms with Crippen LogP contribution in [-0.2, 0) is 28.9 Å². The summed E-state index contributed by atoms with van der Waals surface area (Å²) in [5.41, 5.74) is 2.55. The zero-order valence-corrected chi connectivity index (χ0v) is 13.0. The topological polar surface area (TPSA) is 56.2 Å². The first-order valence-corrected chi connectivity index (χ1v) is 8.16. The maximum atomic E-state index is 12.2. The predicted molar refractivity (Wildman–Crippen MR) is 80.2 cm³/mol. The highest BCUT2D eigenvalue weighted by atomic mass is 16.5. The summed E-state index contributed by atoms with van der Waals surface area (Å²) in [4.78, 5) is 16.9. The fourth-order valence-electron chi connectivity index (χ4n) is 3.13. The van der Waals surface area contributed by atoms with E-state index in [1.165, 1.54) is 24.2 Å². The standard InChI is InChI=1S/C16H25N3O2/c1-3-21-16(20)14(18-12-8-9-12)10-19-11(2)17-13-6-4-5-7-15(13)19/h12,14,18H,3-10H2,1-2H3. The third kappa shape index (κ3) is 3.28. The van der Waals surface area contributed by atoms with Gasteiger partial charge in [0, 0.05) is 11.7 Å². The average Bonchev–Trinajstić information content (AvgIpc) is 3.23. The second-order valence-corrected chi connectivity index (χ2v) is 6.12. The molecule has 0 amide bonds. The third-order valence-corrected chi connectivity index (χ3v) is 4.37. The first kappa shape index (κ1) is 14.6. The molecule has 1 atom stereocenters. The molecule has 116 valence electrons. The van der Waals surface area contributed by atoms with E-state index in [0.29, 0.717) is 19.2 Å². The number of imidazole rings is 1. The lowest BCUT2D eigenvalue weighted by molar-refractivity contribution is -0.146. The summed E-state index contributed by atoms with van der Waals surface area (Å²) >= 11 is 0. The number of hydrogen-bond acceptors (Lipinski definition) is 4. The maximum Gasteiger partial charge on any atom is 0.324 e. The molecule has 5 nitrogen and oxygen atoms in total. The summed E-state index contributed by atoms with van der Waals surface area (Å²) in [5.74, 6) is 0.885. The van der Waals surface area contributed by atoms with E-state index in [9.17, 15) is 4.79 Å². The van der Waals surface area contributed by atoms with E-state index >= 15 is 0 Å². The molecule has 1 N–H and O–H groups in total. The van der Waals surface area contributed by atoms with Gasteiger partial charge in [-0.2, -0.15) is 0 Å². The number of aromatic nitrogens is 2. The lowest BCUT2D eigenvalue weighted by Crippen LogP contribution is -2.43. The molecule has 0 spiro atoms. The SMILES string of the molecule is CCOC(=O)C(Cn1c(C)nc2c1CCCC2)NC1CC1. The number of esters is 1. The first-order chi connectivity index (χ1) is 10.2. The van der Waals surface area contributed by atoms with Gasteiger partial charge in [0.05, 0.1) is 18.8 Å². The van der Waals surface area contributed by atoms with Crippen molar-refractivity contribution >= 4 is 5.97 Å². The van der Waals surface area contributed by atoms with Gasteiger partial charge in [-0.1, -0.05) is 0 Å². The van der Waals surface area contributed by atoms with E-state index in [-0.39, 0.29) is 12.0 Å². The second kappa shape index (κ2) is 6.18. The van der Waals surface area contributed by atoms with Crippen LogP contribution in [-0.4, -0.2) is 34.2 Å². The quantitative estimate of drug-likeness (QED) is 0.811. The molecule has 2 aliphatic rings. The molecule has 5 heteroatoms. The van der Waals surface area contributed by atoms with Gasteiger partial charge in [0.2, 0.25) is 0 Å². The minimum absolute atomic E-state index is 0.137. The van der Waals surface area contributed by atoms with Crippen molar-refractivity contribution in [3.63, 3.8) is 0 Å². The molecule has 21 heavy (non-hydrogen) atoms. The van der Waals surface area contributed by atoms with Crippen molar-refractivity contribution in [2.75, 3.05) is 6.61 Å².